The number of methoxy groups -OCH3 is 1. The summed E-state index contributed by atoms with van der Waals surface area (Å²) in [5.74, 6) is 1.02. The van der Waals surface area contributed by atoms with Gasteiger partial charge in [-0.1, -0.05) is 26.8 Å². The van der Waals surface area contributed by atoms with Crippen molar-refractivity contribution in [2.24, 2.45) is 5.41 Å². The molecule has 1 aliphatic rings. The molecule has 0 unspecified atom stereocenters. The molecule has 1 fully saturated rings. The summed E-state index contributed by atoms with van der Waals surface area (Å²) in [5, 5.41) is 13.7. The van der Waals surface area contributed by atoms with Crippen LogP contribution in [0.15, 0.2) is 18.2 Å². The van der Waals surface area contributed by atoms with Gasteiger partial charge >= 0.3 is 0 Å². The number of nitrogens with one attached hydrogen (secondary N) is 1. The van der Waals surface area contributed by atoms with Gasteiger partial charge in [-0.25, -0.2) is 0 Å². The minimum atomic E-state index is 0. The van der Waals surface area contributed by atoms with E-state index in [4.69, 9.17) is 4.74 Å². The van der Waals surface area contributed by atoms with Crippen LogP contribution >= 0.6 is 24.8 Å². The van der Waals surface area contributed by atoms with Gasteiger partial charge in [0.15, 0.2) is 0 Å². The summed E-state index contributed by atoms with van der Waals surface area (Å²) < 4.78 is 5.18. The molecule has 1 saturated heterocycles. The number of hydrogen-bond donors (Lipinski definition) is 2. The third-order valence-corrected chi connectivity index (χ3v) is 3.87. The van der Waals surface area contributed by atoms with Crippen LogP contribution in [0.5, 0.6) is 11.5 Å². The summed E-state index contributed by atoms with van der Waals surface area (Å²) in [6, 6.07) is 5.83. The number of phenolic OH excluding ortho intramolecular Hbond substituents is 1. The Morgan fingerprint density at radius 1 is 1.18 bits per heavy atom. The van der Waals surface area contributed by atoms with Crippen LogP contribution < -0.4 is 10.1 Å². The number of aromatic hydroxyl groups is 1. The van der Waals surface area contributed by atoms with Crippen LogP contribution in [-0.2, 0) is 0 Å². The topological polar surface area (TPSA) is 44.7 Å². The number of halogens is 2. The fourth-order valence-corrected chi connectivity index (χ4v) is 3.03. The van der Waals surface area contributed by atoms with Gasteiger partial charge in [-0.2, -0.15) is 0 Å². The maximum atomic E-state index is 10.4. The first-order valence-electron chi connectivity index (χ1n) is 7.25. The van der Waals surface area contributed by atoms with Crippen molar-refractivity contribution in [3.05, 3.63) is 23.8 Å². The Hall–Kier alpha value is -0.680. The molecule has 0 aliphatic carbocycles. The quantitative estimate of drug-likeness (QED) is 0.878. The number of rotatable bonds is 3. The third kappa shape index (κ3) is 4.92. The monoisotopic (exact) mass is 350 g/mol. The van der Waals surface area contributed by atoms with E-state index in [1.54, 1.807) is 13.2 Å². The maximum Gasteiger partial charge on any atom is 0.124 e. The molecule has 22 heavy (non-hydrogen) atoms. The van der Waals surface area contributed by atoms with E-state index in [0.717, 1.165) is 31.7 Å². The molecule has 128 valence electrons. The summed E-state index contributed by atoms with van der Waals surface area (Å²) in [6.45, 7) is 10.7. The van der Waals surface area contributed by atoms with E-state index < -0.39 is 0 Å². The molecule has 2 rings (SSSR count). The number of hydrogen-bond acceptors (Lipinski definition) is 4. The highest BCUT2D eigenvalue weighted by Crippen LogP contribution is 2.42. The van der Waals surface area contributed by atoms with Crippen molar-refractivity contribution in [2.45, 2.75) is 26.8 Å². The van der Waals surface area contributed by atoms with Gasteiger partial charge in [0.05, 0.1) is 7.11 Å². The fraction of sp³-hybridized carbons (Fsp3) is 0.625. The first-order valence-corrected chi connectivity index (χ1v) is 7.25. The Balaban J connectivity index is 0.00000220. The predicted octanol–water partition coefficient (Wildman–Crippen LogP) is 3.24. The molecular formula is C16H28Cl2N2O2. The summed E-state index contributed by atoms with van der Waals surface area (Å²) in [4.78, 5) is 2.46. The molecule has 0 spiro atoms. The van der Waals surface area contributed by atoms with E-state index in [2.05, 4.69) is 31.0 Å². The van der Waals surface area contributed by atoms with Crippen LogP contribution in [0.2, 0.25) is 0 Å². The second kappa shape index (κ2) is 8.82. The Morgan fingerprint density at radius 2 is 1.77 bits per heavy atom. The lowest BCUT2D eigenvalue weighted by atomic mass is 9.80. The molecule has 6 heteroatoms. The van der Waals surface area contributed by atoms with Crippen molar-refractivity contribution in [3.63, 3.8) is 0 Å². The summed E-state index contributed by atoms with van der Waals surface area (Å²) in [7, 11) is 1.62. The SMILES string of the molecule is COc1ccc([C@H](N2CCNCC2)C(C)(C)C)c(O)c1.Cl.Cl. The van der Waals surface area contributed by atoms with Crippen molar-refractivity contribution in [1.29, 1.82) is 0 Å². The number of ether oxygens (including phenoxy) is 1. The second-order valence-electron chi connectivity index (χ2n) is 6.48. The van der Waals surface area contributed by atoms with Gasteiger partial charge in [0.1, 0.15) is 11.5 Å². The van der Waals surface area contributed by atoms with Crippen LogP contribution in [0.3, 0.4) is 0 Å². The van der Waals surface area contributed by atoms with Crippen LogP contribution in [0.25, 0.3) is 0 Å². The van der Waals surface area contributed by atoms with Crippen LogP contribution in [-0.4, -0.2) is 43.3 Å². The molecular weight excluding hydrogens is 323 g/mol. The van der Waals surface area contributed by atoms with Crippen LogP contribution in [0.1, 0.15) is 32.4 Å². The zero-order valence-electron chi connectivity index (χ0n) is 13.8. The minimum absolute atomic E-state index is 0. The Kier molecular flexibility index (Phi) is 8.55. The first kappa shape index (κ1) is 21.3. The standard InChI is InChI=1S/C16H26N2O2.2ClH/c1-16(2,3)15(18-9-7-17-8-10-18)13-6-5-12(20-4)11-14(13)19;;/h5-6,11,15,17,19H,7-10H2,1-4H3;2*1H/t15-;;/m0../s1. The molecule has 1 aliphatic heterocycles. The second-order valence-corrected chi connectivity index (χ2v) is 6.48. The lowest BCUT2D eigenvalue weighted by Crippen LogP contribution is -2.48. The average Bonchev–Trinajstić information content (AvgIpc) is 2.40. The van der Waals surface area contributed by atoms with Gasteiger partial charge in [-0.15, -0.1) is 24.8 Å². The molecule has 0 bridgehead atoms. The summed E-state index contributed by atoms with van der Waals surface area (Å²) in [5.41, 5.74) is 1.05. The number of piperazine rings is 1. The number of phenols is 1. The third-order valence-electron chi connectivity index (χ3n) is 3.87. The predicted molar refractivity (Wildman–Crippen MR) is 95.8 cm³/mol. The number of nitrogens with zero attached hydrogens (tertiary/aromatic N) is 1. The van der Waals surface area contributed by atoms with Crippen LogP contribution in [0, 0.1) is 5.41 Å². The minimum Gasteiger partial charge on any atom is -0.507 e. The first-order chi connectivity index (χ1) is 9.43. The highest BCUT2D eigenvalue weighted by molar-refractivity contribution is 5.85. The zero-order valence-corrected chi connectivity index (χ0v) is 15.4. The van der Waals surface area contributed by atoms with Crippen molar-refractivity contribution in [1.82, 2.24) is 10.2 Å². The van der Waals surface area contributed by atoms with E-state index in [9.17, 15) is 5.11 Å². The molecule has 2 N–H and O–H groups in total. The van der Waals surface area contributed by atoms with E-state index in [1.807, 2.05) is 12.1 Å². The fourth-order valence-electron chi connectivity index (χ4n) is 3.03. The van der Waals surface area contributed by atoms with E-state index in [1.165, 1.54) is 0 Å². The summed E-state index contributed by atoms with van der Waals surface area (Å²) >= 11 is 0. The molecule has 0 saturated carbocycles. The molecule has 1 heterocycles. The molecule has 1 aromatic carbocycles. The van der Waals surface area contributed by atoms with Gasteiger partial charge in [0.25, 0.3) is 0 Å². The van der Waals surface area contributed by atoms with E-state index >= 15 is 0 Å². The summed E-state index contributed by atoms with van der Waals surface area (Å²) in [6.07, 6.45) is 0. The zero-order chi connectivity index (χ0) is 14.8. The van der Waals surface area contributed by atoms with Crippen molar-refractivity contribution >= 4 is 24.8 Å². The Morgan fingerprint density at radius 3 is 2.23 bits per heavy atom. The normalized spacial score (nSPS) is 17.1. The molecule has 0 aromatic heterocycles. The molecule has 0 radical (unpaired) electrons. The molecule has 1 atom stereocenters. The van der Waals surface area contributed by atoms with Gasteiger partial charge in [-0.3, -0.25) is 4.90 Å². The molecule has 1 aromatic rings. The van der Waals surface area contributed by atoms with Gasteiger partial charge in [0, 0.05) is 43.9 Å². The van der Waals surface area contributed by atoms with Crippen molar-refractivity contribution < 1.29 is 9.84 Å². The van der Waals surface area contributed by atoms with Gasteiger partial charge in [-0.05, 0) is 11.5 Å². The highest BCUT2D eigenvalue weighted by Gasteiger charge is 2.34. The smallest absolute Gasteiger partial charge is 0.124 e. The maximum absolute atomic E-state index is 10.4. The van der Waals surface area contributed by atoms with E-state index in [0.29, 0.717) is 11.5 Å². The largest absolute Gasteiger partial charge is 0.507 e. The number of benzene rings is 1. The Labute approximate surface area is 146 Å². The van der Waals surface area contributed by atoms with Gasteiger partial charge in [0.2, 0.25) is 0 Å². The molecule has 0 amide bonds. The van der Waals surface area contributed by atoms with E-state index in [-0.39, 0.29) is 36.3 Å². The van der Waals surface area contributed by atoms with Crippen LogP contribution in [0.4, 0.5) is 0 Å². The average molecular weight is 351 g/mol. The molecule has 4 nitrogen and oxygen atoms in total. The lowest BCUT2D eigenvalue weighted by Gasteiger charge is -2.42. The highest BCUT2D eigenvalue weighted by atomic mass is 35.5. The lowest BCUT2D eigenvalue weighted by molar-refractivity contribution is 0.0842. The van der Waals surface area contributed by atoms with Gasteiger partial charge < -0.3 is 15.2 Å². The Bertz CT molecular complexity index is 458. The van der Waals surface area contributed by atoms with Crippen molar-refractivity contribution in [3.8, 4) is 11.5 Å². The van der Waals surface area contributed by atoms with Crippen molar-refractivity contribution in [2.75, 3.05) is 33.3 Å².